The number of nitrogens with zero attached hydrogens (tertiary/aromatic N) is 1. The van der Waals surface area contributed by atoms with Crippen LogP contribution in [0.25, 0.3) is 0 Å². The molecule has 2 unspecified atom stereocenters. The Morgan fingerprint density at radius 2 is 2.29 bits per heavy atom. The van der Waals surface area contributed by atoms with Crippen LogP contribution in [0.2, 0.25) is 0 Å². The molecule has 2 saturated heterocycles. The van der Waals surface area contributed by atoms with Crippen LogP contribution in [0.1, 0.15) is 13.3 Å². The maximum atomic E-state index is 14.2. The third kappa shape index (κ3) is 3.88. The van der Waals surface area contributed by atoms with E-state index < -0.39 is 15.8 Å². The van der Waals surface area contributed by atoms with Crippen LogP contribution in [-0.4, -0.2) is 58.2 Å². The smallest absolute Gasteiger partial charge is 0.243 e. The van der Waals surface area contributed by atoms with E-state index in [-0.39, 0.29) is 22.6 Å². The lowest BCUT2D eigenvalue weighted by atomic mass is 10.1. The Bertz CT molecular complexity index is 677. The molecule has 24 heavy (non-hydrogen) atoms. The second kappa shape index (κ2) is 7.35. The predicted octanol–water partition coefficient (Wildman–Crippen LogP) is 1.22. The average molecular weight is 358 g/mol. The fourth-order valence-corrected chi connectivity index (χ4v) is 4.49. The number of benzene rings is 1. The molecule has 2 heterocycles. The number of halogens is 1. The lowest BCUT2D eigenvalue weighted by Gasteiger charge is -2.31. The summed E-state index contributed by atoms with van der Waals surface area (Å²) in [5.74, 6) is -0.317. The van der Waals surface area contributed by atoms with Gasteiger partial charge in [-0.05, 0) is 31.5 Å². The highest BCUT2D eigenvalue weighted by Crippen LogP contribution is 2.25. The number of ether oxygens (including phenoxy) is 2. The van der Waals surface area contributed by atoms with Crippen molar-refractivity contribution in [1.29, 1.82) is 0 Å². The van der Waals surface area contributed by atoms with Crippen molar-refractivity contribution in [3.8, 4) is 5.75 Å². The molecule has 0 aliphatic carbocycles. The maximum Gasteiger partial charge on any atom is 0.243 e. The normalized spacial score (nSPS) is 25.8. The Balaban J connectivity index is 1.70. The molecule has 2 atom stereocenters. The van der Waals surface area contributed by atoms with E-state index in [2.05, 4.69) is 5.32 Å². The quantitative estimate of drug-likeness (QED) is 0.857. The van der Waals surface area contributed by atoms with Crippen molar-refractivity contribution < 1.29 is 22.3 Å². The number of hydrogen-bond donors (Lipinski definition) is 1. The van der Waals surface area contributed by atoms with E-state index in [1.807, 2.05) is 6.92 Å². The number of rotatable bonds is 5. The fourth-order valence-electron chi connectivity index (χ4n) is 2.95. The van der Waals surface area contributed by atoms with Gasteiger partial charge in [0.1, 0.15) is 0 Å². The zero-order valence-electron chi connectivity index (χ0n) is 13.7. The minimum atomic E-state index is -3.69. The van der Waals surface area contributed by atoms with Gasteiger partial charge >= 0.3 is 0 Å². The van der Waals surface area contributed by atoms with Crippen LogP contribution in [0.3, 0.4) is 0 Å². The monoisotopic (exact) mass is 358 g/mol. The second-order valence-corrected chi connectivity index (χ2v) is 8.29. The minimum Gasteiger partial charge on any atom is -0.490 e. The molecule has 134 valence electrons. The first-order valence-corrected chi connectivity index (χ1v) is 9.64. The molecule has 8 heteroatoms. The van der Waals surface area contributed by atoms with Gasteiger partial charge in [0.15, 0.2) is 11.6 Å². The topological polar surface area (TPSA) is 67.9 Å². The number of nitrogens with one attached hydrogen (secondary N) is 1. The van der Waals surface area contributed by atoms with E-state index in [1.165, 1.54) is 16.4 Å². The summed E-state index contributed by atoms with van der Waals surface area (Å²) in [5, 5.41) is 3.19. The number of piperazine rings is 1. The molecule has 1 aromatic carbocycles. The van der Waals surface area contributed by atoms with Crippen LogP contribution < -0.4 is 10.1 Å². The van der Waals surface area contributed by atoms with Gasteiger partial charge in [0.25, 0.3) is 0 Å². The van der Waals surface area contributed by atoms with Crippen molar-refractivity contribution in [1.82, 2.24) is 9.62 Å². The largest absolute Gasteiger partial charge is 0.490 e. The molecule has 3 rings (SSSR count). The van der Waals surface area contributed by atoms with Crippen molar-refractivity contribution in [2.75, 3.05) is 39.5 Å². The van der Waals surface area contributed by atoms with E-state index in [0.717, 1.165) is 12.5 Å². The molecule has 1 aromatic rings. The molecule has 0 saturated carbocycles. The van der Waals surface area contributed by atoms with Gasteiger partial charge in [0, 0.05) is 38.2 Å². The van der Waals surface area contributed by atoms with Crippen molar-refractivity contribution in [3.63, 3.8) is 0 Å². The lowest BCUT2D eigenvalue weighted by molar-refractivity contribution is 0.165. The van der Waals surface area contributed by atoms with E-state index in [4.69, 9.17) is 9.47 Å². The lowest BCUT2D eigenvalue weighted by Crippen LogP contribution is -2.51. The van der Waals surface area contributed by atoms with Crippen LogP contribution in [0.15, 0.2) is 23.1 Å². The third-order valence-electron chi connectivity index (χ3n) is 4.37. The van der Waals surface area contributed by atoms with Crippen molar-refractivity contribution in [2.45, 2.75) is 24.3 Å². The molecule has 0 spiro atoms. The molecule has 1 N–H and O–H groups in total. The summed E-state index contributed by atoms with van der Waals surface area (Å²) >= 11 is 0. The van der Waals surface area contributed by atoms with Gasteiger partial charge in [-0.25, -0.2) is 12.8 Å². The van der Waals surface area contributed by atoms with Crippen LogP contribution in [0, 0.1) is 11.7 Å². The summed E-state index contributed by atoms with van der Waals surface area (Å²) in [4.78, 5) is -0.0364. The first-order chi connectivity index (χ1) is 11.5. The molecule has 0 amide bonds. The van der Waals surface area contributed by atoms with Gasteiger partial charge in [-0.3, -0.25) is 0 Å². The summed E-state index contributed by atoms with van der Waals surface area (Å²) in [7, 11) is -3.69. The van der Waals surface area contributed by atoms with E-state index in [9.17, 15) is 12.8 Å². The van der Waals surface area contributed by atoms with Crippen LogP contribution in [-0.2, 0) is 14.8 Å². The first-order valence-electron chi connectivity index (χ1n) is 8.20. The van der Waals surface area contributed by atoms with Gasteiger partial charge in [0.05, 0.1) is 18.1 Å². The molecule has 0 aromatic heterocycles. The highest BCUT2D eigenvalue weighted by Gasteiger charge is 2.29. The molecule has 2 fully saturated rings. The van der Waals surface area contributed by atoms with Gasteiger partial charge in [-0.15, -0.1) is 0 Å². The van der Waals surface area contributed by atoms with Gasteiger partial charge in [-0.1, -0.05) is 0 Å². The van der Waals surface area contributed by atoms with Crippen LogP contribution >= 0.6 is 0 Å². The fraction of sp³-hybridized carbons (Fsp3) is 0.625. The van der Waals surface area contributed by atoms with E-state index >= 15 is 0 Å². The molecule has 6 nitrogen and oxygen atoms in total. The van der Waals surface area contributed by atoms with Crippen molar-refractivity contribution in [3.05, 3.63) is 24.0 Å². The summed E-state index contributed by atoms with van der Waals surface area (Å²) < 4.78 is 51.6. The van der Waals surface area contributed by atoms with Crippen molar-refractivity contribution in [2.24, 2.45) is 5.92 Å². The standard InChI is InChI=1S/C16H23FN2O4S/c1-12-9-19(6-5-18-12)24(20,21)14-2-3-16(15(17)8-14)23-11-13-4-7-22-10-13/h2-3,8,12-13,18H,4-7,9-11H2,1H3. The van der Waals surface area contributed by atoms with E-state index in [1.54, 1.807) is 0 Å². The number of hydrogen-bond acceptors (Lipinski definition) is 5. The molecule has 0 radical (unpaired) electrons. The summed E-state index contributed by atoms with van der Waals surface area (Å²) in [6.45, 7) is 4.97. The van der Waals surface area contributed by atoms with Gasteiger partial charge in [0.2, 0.25) is 10.0 Å². The SMILES string of the molecule is CC1CN(S(=O)(=O)c2ccc(OCC3CCOC3)c(F)c2)CCN1. The van der Waals surface area contributed by atoms with E-state index in [0.29, 0.717) is 39.5 Å². The molecular weight excluding hydrogens is 335 g/mol. The Labute approximate surface area is 142 Å². The zero-order chi connectivity index (χ0) is 17.2. The van der Waals surface area contributed by atoms with Crippen molar-refractivity contribution >= 4 is 10.0 Å². The third-order valence-corrected chi connectivity index (χ3v) is 6.23. The maximum absolute atomic E-state index is 14.2. The van der Waals surface area contributed by atoms with Crippen LogP contribution in [0.5, 0.6) is 5.75 Å². The second-order valence-electron chi connectivity index (χ2n) is 6.35. The zero-order valence-corrected chi connectivity index (χ0v) is 14.5. The summed E-state index contributed by atoms with van der Waals surface area (Å²) in [6, 6.07) is 3.92. The summed E-state index contributed by atoms with van der Waals surface area (Å²) in [6.07, 6.45) is 0.898. The molecular formula is C16H23FN2O4S. The minimum absolute atomic E-state index is 0.0364. The Morgan fingerprint density at radius 1 is 1.46 bits per heavy atom. The highest BCUT2D eigenvalue weighted by atomic mass is 32.2. The molecule has 0 bridgehead atoms. The molecule has 2 aliphatic rings. The Hall–Kier alpha value is -1.22. The average Bonchev–Trinajstić information content (AvgIpc) is 3.07. The predicted molar refractivity (Wildman–Crippen MR) is 87.0 cm³/mol. The van der Waals surface area contributed by atoms with Gasteiger partial charge in [-0.2, -0.15) is 4.31 Å². The Kier molecular flexibility index (Phi) is 5.39. The summed E-state index contributed by atoms with van der Waals surface area (Å²) in [5.41, 5.74) is 0. The van der Waals surface area contributed by atoms with Crippen LogP contribution in [0.4, 0.5) is 4.39 Å². The highest BCUT2D eigenvalue weighted by molar-refractivity contribution is 7.89. The number of sulfonamides is 1. The first kappa shape index (κ1) is 17.6. The molecule has 2 aliphatic heterocycles. The van der Waals surface area contributed by atoms with Gasteiger partial charge < -0.3 is 14.8 Å². The Morgan fingerprint density at radius 3 is 2.96 bits per heavy atom.